The van der Waals surface area contributed by atoms with Crippen LogP contribution in [0.15, 0.2) is 16.1 Å². The van der Waals surface area contributed by atoms with E-state index in [0.717, 1.165) is 43.2 Å². The number of carbonyl (C=O) groups excluding carboxylic acids is 1. The number of nitrogens with one attached hydrogen (secondary N) is 1. The van der Waals surface area contributed by atoms with E-state index >= 15 is 0 Å². The topological polar surface area (TPSA) is 51.2 Å². The second-order valence-corrected chi connectivity index (χ2v) is 6.41. The molecule has 1 fully saturated rings. The van der Waals surface area contributed by atoms with E-state index < -0.39 is 0 Å². The number of piperazine rings is 1. The number of amides is 1. The van der Waals surface area contributed by atoms with Gasteiger partial charge in [0, 0.05) is 71.3 Å². The first-order chi connectivity index (χ1) is 9.93. The maximum absolute atomic E-state index is 11.6. The Morgan fingerprint density at radius 2 is 1.91 bits per heavy atom. The van der Waals surface area contributed by atoms with Gasteiger partial charge in [0.25, 0.3) is 0 Å². The van der Waals surface area contributed by atoms with Crippen molar-refractivity contribution in [1.29, 1.82) is 0 Å². The Morgan fingerprint density at radius 3 is 2.36 bits per heavy atom. The fraction of sp³-hybridized carbons (Fsp3) is 0.714. The molecule has 1 aliphatic heterocycles. The summed E-state index contributed by atoms with van der Waals surface area (Å²) in [5.41, 5.74) is 0. The van der Waals surface area contributed by atoms with Gasteiger partial charge in [0.2, 0.25) is 5.91 Å². The van der Waals surface area contributed by atoms with Crippen molar-refractivity contribution in [3.8, 4) is 0 Å². The minimum atomic E-state index is 0. The normalized spacial score (nSPS) is 16.0. The molecule has 0 aromatic carbocycles. The quantitative estimate of drug-likeness (QED) is 0.359. The highest BCUT2D eigenvalue weighted by molar-refractivity contribution is 14.0. The summed E-state index contributed by atoms with van der Waals surface area (Å²) in [6, 6.07) is 0. The van der Waals surface area contributed by atoms with E-state index in [1.165, 1.54) is 0 Å². The molecule has 6 nitrogen and oxygen atoms in total. The first kappa shape index (κ1) is 21.6. The van der Waals surface area contributed by atoms with E-state index in [9.17, 15) is 4.79 Å². The summed E-state index contributed by atoms with van der Waals surface area (Å²) in [5.74, 6) is 1.09. The highest BCUT2D eigenvalue weighted by atomic mass is 127. The van der Waals surface area contributed by atoms with Gasteiger partial charge in [-0.25, -0.2) is 0 Å². The maximum atomic E-state index is 11.6. The fourth-order valence-corrected chi connectivity index (χ4v) is 2.31. The maximum Gasteiger partial charge on any atom is 0.223 e. The molecule has 0 radical (unpaired) electrons. The second-order valence-electron chi connectivity index (χ2n) is 5.28. The van der Waals surface area contributed by atoms with Crippen molar-refractivity contribution in [2.24, 2.45) is 4.99 Å². The number of aliphatic imine (C=N–C) groups is 1. The van der Waals surface area contributed by atoms with E-state index in [2.05, 4.69) is 42.6 Å². The molecule has 1 heterocycles. The van der Waals surface area contributed by atoms with Crippen LogP contribution in [-0.4, -0.2) is 87.0 Å². The SMILES string of the molecule is C=C(Br)CNC(=NC)N1CCN(CCC(=O)N(C)C)CC1.I. The molecule has 1 aliphatic rings. The lowest BCUT2D eigenvalue weighted by atomic mass is 10.3. The smallest absolute Gasteiger partial charge is 0.223 e. The van der Waals surface area contributed by atoms with Crippen molar-refractivity contribution in [3.63, 3.8) is 0 Å². The molecular weight excluding hydrogens is 461 g/mol. The molecule has 0 atom stereocenters. The van der Waals surface area contributed by atoms with E-state index in [4.69, 9.17) is 0 Å². The Bertz CT molecular complexity index is 395. The van der Waals surface area contributed by atoms with Gasteiger partial charge in [0.1, 0.15) is 0 Å². The first-order valence-corrected chi connectivity index (χ1v) is 7.94. The van der Waals surface area contributed by atoms with Gasteiger partial charge in [-0.05, 0) is 0 Å². The zero-order valence-corrected chi connectivity index (χ0v) is 17.6. The van der Waals surface area contributed by atoms with Crippen molar-refractivity contribution in [1.82, 2.24) is 20.0 Å². The first-order valence-electron chi connectivity index (χ1n) is 7.15. The van der Waals surface area contributed by atoms with Gasteiger partial charge in [0.15, 0.2) is 5.96 Å². The van der Waals surface area contributed by atoms with Crippen LogP contribution in [0.4, 0.5) is 0 Å². The van der Waals surface area contributed by atoms with Crippen LogP contribution >= 0.6 is 39.9 Å². The predicted molar refractivity (Wildman–Crippen MR) is 106 cm³/mol. The van der Waals surface area contributed by atoms with Gasteiger partial charge in [-0.15, -0.1) is 24.0 Å². The molecule has 0 unspecified atom stereocenters. The van der Waals surface area contributed by atoms with Crippen molar-refractivity contribution < 1.29 is 4.79 Å². The monoisotopic (exact) mass is 487 g/mol. The van der Waals surface area contributed by atoms with Crippen LogP contribution < -0.4 is 5.32 Å². The number of nitrogens with zero attached hydrogens (tertiary/aromatic N) is 4. The minimum Gasteiger partial charge on any atom is -0.352 e. The number of guanidine groups is 1. The molecule has 0 saturated carbocycles. The number of rotatable bonds is 5. The molecule has 0 aliphatic carbocycles. The number of hydrogen-bond donors (Lipinski definition) is 1. The minimum absolute atomic E-state index is 0. The molecule has 1 rings (SSSR count). The molecule has 0 spiro atoms. The molecule has 1 amide bonds. The van der Waals surface area contributed by atoms with Gasteiger partial charge in [-0.2, -0.15) is 0 Å². The zero-order chi connectivity index (χ0) is 15.8. The van der Waals surface area contributed by atoms with E-state index in [1.54, 1.807) is 26.0 Å². The summed E-state index contributed by atoms with van der Waals surface area (Å²) in [4.78, 5) is 22.1. The molecule has 0 bridgehead atoms. The van der Waals surface area contributed by atoms with Crippen molar-refractivity contribution in [3.05, 3.63) is 11.1 Å². The van der Waals surface area contributed by atoms with Crippen molar-refractivity contribution >= 4 is 51.8 Å². The van der Waals surface area contributed by atoms with Crippen LogP contribution in [0.5, 0.6) is 0 Å². The average molecular weight is 488 g/mol. The molecule has 8 heteroatoms. The number of hydrogen-bond acceptors (Lipinski definition) is 3. The highest BCUT2D eigenvalue weighted by Crippen LogP contribution is 2.05. The number of carbonyl (C=O) groups is 1. The molecule has 0 aromatic rings. The Balaban J connectivity index is 0.00000441. The van der Waals surface area contributed by atoms with Crippen LogP contribution in [-0.2, 0) is 4.79 Å². The summed E-state index contributed by atoms with van der Waals surface area (Å²) >= 11 is 3.34. The van der Waals surface area contributed by atoms with Crippen molar-refractivity contribution in [2.75, 3.05) is 60.4 Å². The highest BCUT2D eigenvalue weighted by Gasteiger charge is 2.20. The standard InChI is InChI=1S/C14H26BrN5O.HI/c1-12(15)11-17-14(16-2)20-9-7-19(8-10-20)6-5-13(21)18(3)4;/h1,5-11H2,2-4H3,(H,16,17);1H. The van der Waals surface area contributed by atoms with E-state index in [1.807, 2.05) is 0 Å². The summed E-state index contributed by atoms with van der Waals surface area (Å²) < 4.78 is 0.907. The lowest BCUT2D eigenvalue weighted by molar-refractivity contribution is -0.129. The third-order valence-corrected chi connectivity index (χ3v) is 3.74. The average Bonchev–Trinajstić information content (AvgIpc) is 2.46. The summed E-state index contributed by atoms with van der Waals surface area (Å²) in [6.45, 7) is 9.06. The van der Waals surface area contributed by atoms with Gasteiger partial charge >= 0.3 is 0 Å². The summed E-state index contributed by atoms with van der Waals surface area (Å²) in [7, 11) is 5.39. The Kier molecular flexibility index (Phi) is 11.0. The van der Waals surface area contributed by atoms with E-state index in [0.29, 0.717) is 13.0 Å². The van der Waals surface area contributed by atoms with Crippen molar-refractivity contribution in [2.45, 2.75) is 6.42 Å². The molecule has 0 aromatic heterocycles. The van der Waals surface area contributed by atoms with Gasteiger partial charge in [-0.1, -0.05) is 22.5 Å². The fourth-order valence-electron chi connectivity index (χ4n) is 2.17. The van der Waals surface area contributed by atoms with Gasteiger partial charge in [0.05, 0.1) is 0 Å². The largest absolute Gasteiger partial charge is 0.352 e. The molecule has 1 saturated heterocycles. The Hall–Kier alpha value is -0.350. The van der Waals surface area contributed by atoms with Crippen LogP contribution in [0.25, 0.3) is 0 Å². The molecule has 22 heavy (non-hydrogen) atoms. The van der Waals surface area contributed by atoms with Crippen LogP contribution in [0, 0.1) is 0 Å². The predicted octanol–water partition coefficient (Wildman–Crippen LogP) is 1.18. The van der Waals surface area contributed by atoms with E-state index in [-0.39, 0.29) is 29.9 Å². The lowest BCUT2D eigenvalue weighted by Crippen LogP contribution is -2.52. The number of halogens is 2. The summed E-state index contributed by atoms with van der Waals surface area (Å²) in [6.07, 6.45) is 0.587. The van der Waals surface area contributed by atoms with Gasteiger partial charge in [-0.3, -0.25) is 14.7 Å². The van der Waals surface area contributed by atoms with Crippen LogP contribution in [0.3, 0.4) is 0 Å². The second kappa shape index (κ2) is 11.2. The van der Waals surface area contributed by atoms with Crippen LogP contribution in [0.2, 0.25) is 0 Å². The lowest BCUT2D eigenvalue weighted by Gasteiger charge is -2.36. The molecular formula is C14H27BrIN5O. The summed E-state index contributed by atoms with van der Waals surface area (Å²) in [5, 5.41) is 3.27. The third-order valence-electron chi connectivity index (χ3n) is 3.46. The van der Waals surface area contributed by atoms with Gasteiger partial charge < -0.3 is 15.1 Å². The van der Waals surface area contributed by atoms with Crippen LogP contribution in [0.1, 0.15) is 6.42 Å². The third kappa shape index (κ3) is 7.77. The molecule has 1 N–H and O–H groups in total. The molecule has 128 valence electrons. The Labute approximate surface area is 159 Å². The Morgan fingerprint density at radius 1 is 1.32 bits per heavy atom. The zero-order valence-electron chi connectivity index (χ0n) is 13.6.